The van der Waals surface area contributed by atoms with E-state index in [0.717, 1.165) is 10.6 Å². The minimum absolute atomic E-state index is 0.247. The van der Waals surface area contributed by atoms with Gasteiger partial charge in [0.15, 0.2) is 5.75 Å². The van der Waals surface area contributed by atoms with Crippen LogP contribution in [0.2, 0.25) is 5.02 Å². The fraction of sp³-hybridized carbons (Fsp3) is 0.0526. The van der Waals surface area contributed by atoms with Crippen LogP contribution in [0.4, 0.5) is 10.1 Å². The molecule has 0 radical (unpaired) electrons. The van der Waals surface area contributed by atoms with E-state index in [1.54, 1.807) is 12.1 Å². The van der Waals surface area contributed by atoms with Gasteiger partial charge < -0.3 is 10.1 Å². The number of anilines is 1. The van der Waals surface area contributed by atoms with Gasteiger partial charge in [0.2, 0.25) is 5.96 Å². The molecule has 1 aliphatic heterocycles. The molecule has 4 rings (SSSR count). The second kappa shape index (κ2) is 7.85. The SMILES string of the molecule is Fc1ccnc(CN=C2NSc3cccc(Oc4ccccc4Cl)c3N2)c1. The van der Waals surface area contributed by atoms with Crippen LogP contribution in [0.1, 0.15) is 5.69 Å². The Morgan fingerprint density at radius 2 is 1.96 bits per heavy atom. The van der Waals surface area contributed by atoms with Crippen molar-refractivity contribution in [3.63, 3.8) is 0 Å². The number of halogens is 2. The van der Waals surface area contributed by atoms with Gasteiger partial charge in [-0.05, 0) is 48.3 Å². The van der Waals surface area contributed by atoms with Crippen molar-refractivity contribution in [2.45, 2.75) is 11.4 Å². The molecule has 0 amide bonds. The van der Waals surface area contributed by atoms with Crippen molar-refractivity contribution in [2.75, 3.05) is 5.32 Å². The van der Waals surface area contributed by atoms with Gasteiger partial charge in [0.25, 0.3) is 0 Å². The molecule has 8 heteroatoms. The lowest BCUT2D eigenvalue weighted by atomic mass is 10.2. The number of aliphatic imine (C=N–C) groups is 1. The van der Waals surface area contributed by atoms with E-state index in [0.29, 0.717) is 28.2 Å². The van der Waals surface area contributed by atoms with Crippen molar-refractivity contribution in [1.29, 1.82) is 0 Å². The Morgan fingerprint density at radius 1 is 1.11 bits per heavy atom. The third-order valence-corrected chi connectivity index (χ3v) is 4.89. The summed E-state index contributed by atoms with van der Waals surface area (Å²) >= 11 is 7.61. The number of ether oxygens (including phenoxy) is 1. The Hall–Kier alpha value is -2.77. The number of hydrogen-bond acceptors (Lipinski definition) is 4. The maximum absolute atomic E-state index is 13.3. The molecule has 2 heterocycles. The quantitative estimate of drug-likeness (QED) is 0.586. The van der Waals surface area contributed by atoms with Crippen LogP contribution in [0.3, 0.4) is 0 Å². The Bertz CT molecular complexity index is 1010. The lowest BCUT2D eigenvalue weighted by Crippen LogP contribution is -2.29. The van der Waals surface area contributed by atoms with E-state index in [4.69, 9.17) is 16.3 Å². The first kappa shape index (κ1) is 17.6. The zero-order chi connectivity index (χ0) is 18.6. The van der Waals surface area contributed by atoms with Crippen LogP contribution < -0.4 is 14.8 Å². The molecule has 0 saturated carbocycles. The number of rotatable bonds is 4. The summed E-state index contributed by atoms with van der Waals surface area (Å²) in [7, 11) is 0. The minimum atomic E-state index is -0.333. The van der Waals surface area contributed by atoms with E-state index in [1.165, 1.54) is 30.3 Å². The van der Waals surface area contributed by atoms with Crippen molar-refractivity contribution in [3.8, 4) is 11.5 Å². The van der Waals surface area contributed by atoms with Gasteiger partial charge in [-0.15, -0.1) is 0 Å². The average molecular weight is 401 g/mol. The Balaban J connectivity index is 1.56. The van der Waals surface area contributed by atoms with E-state index in [-0.39, 0.29) is 12.4 Å². The predicted molar refractivity (Wildman–Crippen MR) is 106 cm³/mol. The number of benzene rings is 2. The van der Waals surface area contributed by atoms with Gasteiger partial charge in [0.1, 0.15) is 11.6 Å². The second-order valence-corrected chi connectivity index (χ2v) is 6.88. The highest BCUT2D eigenvalue weighted by molar-refractivity contribution is 7.98. The summed E-state index contributed by atoms with van der Waals surface area (Å²) in [5, 5.41) is 3.75. The molecule has 1 aliphatic rings. The molecule has 3 aromatic rings. The lowest BCUT2D eigenvalue weighted by molar-refractivity contribution is 0.484. The zero-order valence-electron chi connectivity index (χ0n) is 13.9. The largest absolute Gasteiger partial charge is 0.454 e. The van der Waals surface area contributed by atoms with Crippen molar-refractivity contribution in [3.05, 3.63) is 77.3 Å². The molecule has 1 aromatic heterocycles. The van der Waals surface area contributed by atoms with Crippen LogP contribution in [-0.4, -0.2) is 10.9 Å². The van der Waals surface area contributed by atoms with Crippen LogP contribution in [0.15, 0.2) is 70.7 Å². The highest BCUT2D eigenvalue weighted by Gasteiger charge is 2.19. The first-order valence-electron chi connectivity index (χ1n) is 8.09. The van der Waals surface area contributed by atoms with E-state index < -0.39 is 0 Å². The van der Waals surface area contributed by atoms with Crippen molar-refractivity contribution in [1.82, 2.24) is 9.71 Å². The number of fused-ring (bicyclic) bond motifs is 1. The number of hydrogen-bond donors (Lipinski definition) is 2. The lowest BCUT2D eigenvalue weighted by Gasteiger charge is -2.23. The van der Waals surface area contributed by atoms with Crippen LogP contribution in [0.5, 0.6) is 11.5 Å². The first-order valence-corrected chi connectivity index (χ1v) is 9.28. The van der Waals surface area contributed by atoms with E-state index in [9.17, 15) is 4.39 Å². The number of nitrogens with zero attached hydrogens (tertiary/aromatic N) is 2. The Kier molecular flexibility index (Phi) is 5.13. The first-order chi connectivity index (χ1) is 13.2. The minimum Gasteiger partial charge on any atom is -0.454 e. The zero-order valence-corrected chi connectivity index (χ0v) is 15.5. The van der Waals surface area contributed by atoms with Gasteiger partial charge in [-0.1, -0.05) is 29.8 Å². The van der Waals surface area contributed by atoms with Crippen LogP contribution in [0.25, 0.3) is 0 Å². The van der Waals surface area contributed by atoms with E-state index in [1.807, 2.05) is 30.3 Å². The highest BCUT2D eigenvalue weighted by Crippen LogP contribution is 2.40. The summed E-state index contributed by atoms with van der Waals surface area (Å²) in [6.07, 6.45) is 1.42. The normalized spacial score (nSPS) is 14.2. The van der Waals surface area contributed by atoms with Crippen LogP contribution in [0, 0.1) is 5.82 Å². The van der Waals surface area contributed by atoms with Crippen molar-refractivity contribution >= 4 is 35.2 Å². The van der Waals surface area contributed by atoms with Crippen molar-refractivity contribution in [2.24, 2.45) is 4.99 Å². The summed E-state index contributed by atoms with van der Waals surface area (Å²) in [5.41, 5.74) is 1.33. The predicted octanol–water partition coefficient (Wildman–Crippen LogP) is 5.24. The van der Waals surface area contributed by atoms with Gasteiger partial charge in [-0.25, -0.2) is 9.38 Å². The third-order valence-electron chi connectivity index (χ3n) is 3.72. The standard InChI is InChI=1S/C19H14ClFN4OS/c20-14-4-1-2-5-15(14)26-16-6-3-7-17-18(16)24-19(25-27-17)23-11-13-10-12(21)8-9-22-13/h1-10H,11H2,(H2,23,24,25). The van der Waals surface area contributed by atoms with Crippen molar-refractivity contribution < 1.29 is 9.13 Å². The Morgan fingerprint density at radius 3 is 2.81 bits per heavy atom. The molecular formula is C19H14ClFN4OS. The molecule has 2 N–H and O–H groups in total. The Labute approximate surface area is 164 Å². The maximum atomic E-state index is 13.3. The maximum Gasteiger partial charge on any atom is 0.206 e. The fourth-order valence-electron chi connectivity index (χ4n) is 2.46. The summed E-state index contributed by atoms with van der Waals surface area (Å²) in [4.78, 5) is 9.49. The summed E-state index contributed by atoms with van der Waals surface area (Å²) < 4.78 is 22.4. The third kappa shape index (κ3) is 4.15. The van der Waals surface area contributed by atoms with Crippen LogP contribution >= 0.6 is 23.5 Å². The molecule has 0 spiro atoms. The molecule has 27 heavy (non-hydrogen) atoms. The molecule has 0 aliphatic carbocycles. The molecule has 0 bridgehead atoms. The molecule has 136 valence electrons. The molecular weight excluding hydrogens is 387 g/mol. The monoisotopic (exact) mass is 400 g/mol. The number of para-hydroxylation sites is 2. The van der Waals surface area contributed by atoms with E-state index in [2.05, 4.69) is 20.0 Å². The number of pyridine rings is 1. The van der Waals surface area contributed by atoms with Gasteiger partial charge in [-0.2, -0.15) is 0 Å². The smallest absolute Gasteiger partial charge is 0.206 e. The number of nitrogens with one attached hydrogen (secondary N) is 2. The summed E-state index contributed by atoms with van der Waals surface area (Å²) in [6, 6.07) is 15.7. The van der Waals surface area contributed by atoms with E-state index >= 15 is 0 Å². The van der Waals surface area contributed by atoms with Crippen LogP contribution in [-0.2, 0) is 6.54 Å². The van der Waals surface area contributed by atoms with Gasteiger partial charge in [-0.3, -0.25) is 9.71 Å². The summed E-state index contributed by atoms with van der Waals surface area (Å²) in [5.74, 6) is 1.40. The highest BCUT2D eigenvalue weighted by atomic mass is 35.5. The second-order valence-electron chi connectivity index (χ2n) is 5.62. The summed E-state index contributed by atoms with van der Waals surface area (Å²) in [6.45, 7) is 0.247. The molecule has 0 fully saturated rings. The number of aromatic nitrogens is 1. The van der Waals surface area contributed by atoms with Gasteiger partial charge >= 0.3 is 0 Å². The average Bonchev–Trinajstić information content (AvgIpc) is 2.68. The molecule has 5 nitrogen and oxygen atoms in total. The molecule has 0 unspecified atom stereocenters. The molecule has 0 saturated heterocycles. The number of guanidine groups is 1. The molecule has 2 aromatic carbocycles. The fourth-order valence-corrected chi connectivity index (χ4v) is 3.36. The molecule has 0 atom stereocenters. The van der Waals surface area contributed by atoms with Gasteiger partial charge in [0.05, 0.1) is 27.8 Å². The topological polar surface area (TPSA) is 58.5 Å². The van der Waals surface area contributed by atoms with Gasteiger partial charge in [0, 0.05) is 6.20 Å².